The van der Waals surface area contributed by atoms with Crippen molar-refractivity contribution in [2.24, 2.45) is 5.92 Å². The van der Waals surface area contributed by atoms with E-state index in [0.717, 1.165) is 27.7 Å². The van der Waals surface area contributed by atoms with Gasteiger partial charge in [-0.1, -0.05) is 0 Å². The Morgan fingerprint density at radius 2 is 2.40 bits per heavy atom. The third-order valence-electron chi connectivity index (χ3n) is 2.37. The molecule has 1 aromatic heterocycles. The Morgan fingerprint density at radius 1 is 1.53 bits per heavy atom. The molecule has 0 bridgehead atoms. The maximum atomic E-state index is 4.31. The van der Waals surface area contributed by atoms with Gasteiger partial charge in [-0.25, -0.2) is 4.98 Å². The highest BCUT2D eigenvalue weighted by Crippen LogP contribution is 2.27. The molecule has 1 heterocycles. The molecule has 4 heteroatoms. The van der Waals surface area contributed by atoms with Gasteiger partial charge in [-0.3, -0.25) is 0 Å². The van der Waals surface area contributed by atoms with Crippen LogP contribution in [0.15, 0.2) is 27.8 Å². The number of thioether (sulfide) groups is 1. The van der Waals surface area contributed by atoms with E-state index in [2.05, 4.69) is 26.2 Å². The number of hydrogen-bond donors (Lipinski definition) is 1. The first-order chi connectivity index (χ1) is 7.36. The Balaban J connectivity index is 1.62. The van der Waals surface area contributed by atoms with E-state index < -0.39 is 0 Å². The third kappa shape index (κ3) is 4.13. The van der Waals surface area contributed by atoms with Crippen LogP contribution in [-0.4, -0.2) is 23.8 Å². The van der Waals surface area contributed by atoms with Crippen molar-refractivity contribution in [3.05, 3.63) is 22.8 Å². The van der Waals surface area contributed by atoms with Crippen LogP contribution in [0, 0.1) is 5.92 Å². The summed E-state index contributed by atoms with van der Waals surface area (Å²) in [7, 11) is 0. The summed E-state index contributed by atoms with van der Waals surface area (Å²) in [6, 6.07) is 3.98. The van der Waals surface area contributed by atoms with Crippen molar-refractivity contribution in [3.8, 4) is 0 Å². The van der Waals surface area contributed by atoms with E-state index in [1.54, 1.807) is 11.8 Å². The number of pyridine rings is 1. The summed E-state index contributed by atoms with van der Waals surface area (Å²) in [5.41, 5.74) is 0. The molecule has 1 saturated carbocycles. The molecule has 2 nitrogen and oxygen atoms in total. The zero-order valence-corrected chi connectivity index (χ0v) is 11.0. The summed E-state index contributed by atoms with van der Waals surface area (Å²) in [6.07, 6.45) is 4.68. The zero-order valence-electron chi connectivity index (χ0n) is 8.58. The average Bonchev–Trinajstić information content (AvgIpc) is 3.04. The molecule has 0 unspecified atom stereocenters. The predicted molar refractivity (Wildman–Crippen MR) is 68.3 cm³/mol. The molecule has 1 N–H and O–H groups in total. The minimum atomic E-state index is 0.969. The molecular formula is C11H15BrN2S. The summed E-state index contributed by atoms with van der Waals surface area (Å²) < 4.78 is 1.09. The lowest BCUT2D eigenvalue weighted by Crippen LogP contribution is -2.19. The Kier molecular flexibility index (Phi) is 4.47. The van der Waals surface area contributed by atoms with Crippen LogP contribution in [0.1, 0.15) is 12.8 Å². The normalized spacial score (nSPS) is 15.5. The lowest BCUT2D eigenvalue weighted by molar-refractivity contribution is 0.665. The van der Waals surface area contributed by atoms with Gasteiger partial charge in [0.1, 0.15) is 5.03 Å². The highest BCUT2D eigenvalue weighted by atomic mass is 79.9. The zero-order chi connectivity index (χ0) is 10.5. The van der Waals surface area contributed by atoms with Gasteiger partial charge in [-0.05, 0) is 53.4 Å². The lowest BCUT2D eigenvalue weighted by atomic mass is 10.4. The summed E-state index contributed by atoms with van der Waals surface area (Å²) in [5, 5.41) is 4.56. The van der Waals surface area contributed by atoms with E-state index in [1.165, 1.54) is 19.4 Å². The van der Waals surface area contributed by atoms with Gasteiger partial charge in [0.05, 0.1) is 0 Å². The molecule has 2 rings (SSSR count). The van der Waals surface area contributed by atoms with Crippen LogP contribution in [0.5, 0.6) is 0 Å². The number of aromatic nitrogens is 1. The van der Waals surface area contributed by atoms with Crippen molar-refractivity contribution in [3.63, 3.8) is 0 Å². The number of nitrogens with one attached hydrogen (secondary N) is 1. The quantitative estimate of drug-likeness (QED) is 0.643. The fraction of sp³-hybridized carbons (Fsp3) is 0.545. The predicted octanol–water partition coefficient (Wildman–Crippen LogP) is 2.94. The molecule has 0 atom stereocenters. The van der Waals surface area contributed by atoms with Crippen LogP contribution in [0.25, 0.3) is 0 Å². The first-order valence-corrected chi connectivity index (χ1v) is 7.08. The van der Waals surface area contributed by atoms with Gasteiger partial charge in [0, 0.05) is 23.0 Å². The fourth-order valence-corrected chi connectivity index (χ4v) is 2.70. The molecule has 0 spiro atoms. The lowest BCUT2D eigenvalue weighted by Gasteiger charge is -2.04. The van der Waals surface area contributed by atoms with Gasteiger partial charge in [-0.15, -0.1) is 11.8 Å². The Hall–Kier alpha value is -0.0600. The van der Waals surface area contributed by atoms with E-state index in [0.29, 0.717) is 0 Å². The van der Waals surface area contributed by atoms with Crippen molar-refractivity contribution in [2.75, 3.05) is 18.8 Å². The van der Waals surface area contributed by atoms with Gasteiger partial charge >= 0.3 is 0 Å². The largest absolute Gasteiger partial charge is 0.316 e. The van der Waals surface area contributed by atoms with Crippen molar-refractivity contribution < 1.29 is 0 Å². The molecule has 1 aliphatic carbocycles. The summed E-state index contributed by atoms with van der Waals surface area (Å²) in [6.45, 7) is 2.27. The minimum absolute atomic E-state index is 0.969. The smallest absolute Gasteiger partial charge is 0.110 e. The molecule has 0 aromatic carbocycles. The average molecular weight is 287 g/mol. The Labute approximate surface area is 103 Å². The summed E-state index contributed by atoms with van der Waals surface area (Å²) in [5.74, 6) is 2.05. The van der Waals surface area contributed by atoms with Crippen molar-refractivity contribution in [1.82, 2.24) is 10.3 Å². The summed E-state index contributed by atoms with van der Waals surface area (Å²) >= 11 is 5.29. The van der Waals surface area contributed by atoms with Crippen LogP contribution in [0.3, 0.4) is 0 Å². The second-order valence-electron chi connectivity index (χ2n) is 3.79. The topological polar surface area (TPSA) is 24.9 Å². The van der Waals surface area contributed by atoms with E-state index in [1.807, 2.05) is 18.3 Å². The van der Waals surface area contributed by atoms with Crippen LogP contribution in [0.2, 0.25) is 0 Å². The third-order valence-corrected chi connectivity index (χ3v) is 4.28. The number of halogens is 1. The Morgan fingerprint density at radius 3 is 3.13 bits per heavy atom. The second-order valence-corrected chi connectivity index (χ2v) is 5.72. The molecule has 0 amide bonds. The van der Waals surface area contributed by atoms with Crippen molar-refractivity contribution in [2.45, 2.75) is 17.9 Å². The molecule has 82 valence electrons. The standard InChI is InChI=1S/C11H15BrN2S/c12-10-2-1-5-14-11(10)15-7-6-13-8-9-3-4-9/h1-2,5,9,13H,3-4,6-8H2. The van der Waals surface area contributed by atoms with Crippen LogP contribution >= 0.6 is 27.7 Å². The van der Waals surface area contributed by atoms with Gasteiger partial charge in [0.25, 0.3) is 0 Å². The maximum Gasteiger partial charge on any atom is 0.110 e. The molecule has 0 saturated heterocycles. The molecule has 1 aromatic rings. The van der Waals surface area contributed by atoms with Gasteiger partial charge in [0.15, 0.2) is 0 Å². The molecule has 0 radical (unpaired) electrons. The highest BCUT2D eigenvalue weighted by molar-refractivity contribution is 9.10. The van der Waals surface area contributed by atoms with Crippen molar-refractivity contribution in [1.29, 1.82) is 0 Å². The summed E-state index contributed by atoms with van der Waals surface area (Å²) in [4.78, 5) is 4.31. The SMILES string of the molecule is Brc1cccnc1SCCNCC1CC1. The Bertz CT molecular complexity index is 315. The van der Waals surface area contributed by atoms with E-state index in [4.69, 9.17) is 0 Å². The monoisotopic (exact) mass is 286 g/mol. The van der Waals surface area contributed by atoms with Gasteiger partial charge in [-0.2, -0.15) is 0 Å². The van der Waals surface area contributed by atoms with Crippen LogP contribution in [-0.2, 0) is 0 Å². The molecule has 15 heavy (non-hydrogen) atoms. The van der Waals surface area contributed by atoms with Gasteiger partial charge in [0.2, 0.25) is 0 Å². The number of hydrogen-bond acceptors (Lipinski definition) is 3. The first-order valence-electron chi connectivity index (χ1n) is 5.30. The van der Waals surface area contributed by atoms with Gasteiger partial charge < -0.3 is 5.32 Å². The fourth-order valence-electron chi connectivity index (χ4n) is 1.33. The maximum absolute atomic E-state index is 4.31. The van der Waals surface area contributed by atoms with E-state index in [9.17, 15) is 0 Å². The minimum Gasteiger partial charge on any atom is -0.316 e. The highest BCUT2D eigenvalue weighted by Gasteiger charge is 2.19. The molecule has 1 fully saturated rings. The van der Waals surface area contributed by atoms with Crippen LogP contribution < -0.4 is 5.32 Å². The second kappa shape index (κ2) is 5.87. The molecular weight excluding hydrogens is 272 g/mol. The van der Waals surface area contributed by atoms with E-state index in [-0.39, 0.29) is 0 Å². The first kappa shape index (κ1) is 11.4. The van der Waals surface area contributed by atoms with Crippen LogP contribution in [0.4, 0.5) is 0 Å². The van der Waals surface area contributed by atoms with Crippen molar-refractivity contribution >= 4 is 27.7 Å². The molecule has 0 aliphatic heterocycles. The number of rotatable bonds is 6. The molecule has 1 aliphatic rings. The van der Waals surface area contributed by atoms with E-state index >= 15 is 0 Å². The number of nitrogens with zero attached hydrogens (tertiary/aromatic N) is 1.